The lowest BCUT2D eigenvalue weighted by molar-refractivity contribution is -0.147. The summed E-state index contributed by atoms with van der Waals surface area (Å²) in [6.07, 6.45) is 8.19. The van der Waals surface area contributed by atoms with Crippen LogP contribution < -0.4 is 0 Å². The van der Waals surface area contributed by atoms with Gasteiger partial charge in [0.15, 0.2) is 5.82 Å². The molecule has 1 N–H and O–H groups in total. The van der Waals surface area contributed by atoms with Crippen molar-refractivity contribution in [3.05, 3.63) is 11.6 Å². The zero-order valence-electron chi connectivity index (χ0n) is 12.1. The van der Waals surface area contributed by atoms with Gasteiger partial charge in [0.25, 0.3) is 0 Å². The van der Waals surface area contributed by atoms with E-state index in [2.05, 4.69) is 15.2 Å². The summed E-state index contributed by atoms with van der Waals surface area (Å²) in [4.78, 5) is 16.9. The lowest BCUT2D eigenvalue weighted by Crippen LogP contribution is -2.26. The van der Waals surface area contributed by atoms with Crippen molar-refractivity contribution in [2.24, 2.45) is 5.92 Å². The molecule has 5 nitrogen and oxygen atoms in total. The molecule has 0 bridgehead atoms. The van der Waals surface area contributed by atoms with Gasteiger partial charge < -0.3 is 4.74 Å². The van der Waals surface area contributed by atoms with Gasteiger partial charge in [-0.25, -0.2) is 4.98 Å². The molecule has 3 rings (SSSR count). The lowest BCUT2D eigenvalue weighted by Gasteiger charge is -2.26. The molecular weight excluding hydrogens is 254 g/mol. The van der Waals surface area contributed by atoms with Gasteiger partial charge in [-0.1, -0.05) is 19.3 Å². The summed E-state index contributed by atoms with van der Waals surface area (Å²) < 4.78 is 5.26. The molecule has 2 saturated carbocycles. The Bertz CT molecular complexity index is 461. The van der Waals surface area contributed by atoms with Crippen LogP contribution in [0.5, 0.6) is 0 Å². The summed E-state index contributed by atoms with van der Waals surface area (Å²) in [7, 11) is 0. The van der Waals surface area contributed by atoms with Gasteiger partial charge in [-0.05, 0) is 38.5 Å². The Balaban J connectivity index is 1.80. The zero-order chi connectivity index (χ0) is 13.9. The third-order valence-corrected chi connectivity index (χ3v) is 4.42. The largest absolute Gasteiger partial charge is 0.465 e. The fraction of sp³-hybridized carbons (Fsp3) is 0.800. The molecule has 0 radical (unpaired) electrons. The monoisotopic (exact) mass is 277 g/mol. The molecule has 2 fully saturated rings. The molecule has 0 aliphatic heterocycles. The van der Waals surface area contributed by atoms with E-state index in [1.54, 1.807) is 0 Å². The number of esters is 1. The molecule has 1 heterocycles. The second kappa shape index (κ2) is 5.94. The van der Waals surface area contributed by atoms with Crippen molar-refractivity contribution in [2.45, 2.75) is 63.7 Å². The van der Waals surface area contributed by atoms with Crippen LogP contribution in [0.4, 0.5) is 0 Å². The normalized spacial score (nSPS) is 21.6. The van der Waals surface area contributed by atoms with Gasteiger partial charge in [0.1, 0.15) is 11.7 Å². The molecular formula is C15H23N3O2. The first kappa shape index (κ1) is 13.6. The highest BCUT2D eigenvalue weighted by Crippen LogP contribution is 2.40. The topological polar surface area (TPSA) is 67.9 Å². The van der Waals surface area contributed by atoms with Crippen LogP contribution in [0.1, 0.15) is 75.4 Å². The molecule has 20 heavy (non-hydrogen) atoms. The van der Waals surface area contributed by atoms with Crippen molar-refractivity contribution in [3.63, 3.8) is 0 Å². The molecule has 0 aromatic carbocycles. The van der Waals surface area contributed by atoms with E-state index >= 15 is 0 Å². The van der Waals surface area contributed by atoms with Crippen LogP contribution in [0.2, 0.25) is 0 Å². The lowest BCUT2D eigenvalue weighted by atomic mass is 9.79. The van der Waals surface area contributed by atoms with E-state index in [9.17, 15) is 4.79 Å². The van der Waals surface area contributed by atoms with Crippen molar-refractivity contribution in [3.8, 4) is 0 Å². The maximum absolute atomic E-state index is 12.3. The molecule has 1 aromatic rings. The molecule has 0 unspecified atom stereocenters. The summed E-state index contributed by atoms with van der Waals surface area (Å²) in [5.41, 5.74) is 0. The van der Waals surface area contributed by atoms with Gasteiger partial charge in [-0.15, -0.1) is 0 Å². The van der Waals surface area contributed by atoms with Gasteiger partial charge in [-0.3, -0.25) is 9.89 Å². The summed E-state index contributed by atoms with van der Waals surface area (Å²) in [5, 5.41) is 7.33. The van der Waals surface area contributed by atoms with Gasteiger partial charge >= 0.3 is 5.97 Å². The minimum absolute atomic E-state index is 0.152. The Morgan fingerprint density at radius 1 is 1.30 bits per heavy atom. The zero-order valence-corrected chi connectivity index (χ0v) is 12.1. The van der Waals surface area contributed by atoms with Crippen LogP contribution in [0.25, 0.3) is 0 Å². The van der Waals surface area contributed by atoms with E-state index in [4.69, 9.17) is 4.74 Å². The molecule has 2 aliphatic carbocycles. The molecule has 0 amide bonds. The molecule has 110 valence electrons. The first-order valence-electron chi connectivity index (χ1n) is 7.88. The molecule has 1 atom stereocenters. The number of nitrogens with zero attached hydrogens (tertiary/aromatic N) is 2. The Morgan fingerprint density at radius 3 is 2.70 bits per heavy atom. The van der Waals surface area contributed by atoms with E-state index in [0.29, 0.717) is 24.3 Å². The maximum atomic E-state index is 12.3. The minimum atomic E-state index is -0.279. The van der Waals surface area contributed by atoms with Crippen molar-refractivity contribution in [1.29, 1.82) is 0 Å². The summed E-state index contributed by atoms with van der Waals surface area (Å²) >= 11 is 0. The van der Waals surface area contributed by atoms with Gasteiger partial charge in [0, 0.05) is 5.92 Å². The van der Waals surface area contributed by atoms with Crippen LogP contribution >= 0.6 is 0 Å². The Morgan fingerprint density at radius 2 is 2.05 bits per heavy atom. The predicted molar refractivity (Wildman–Crippen MR) is 74.3 cm³/mol. The Labute approximate surface area is 119 Å². The molecule has 5 heteroatoms. The van der Waals surface area contributed by atoms with E-state index in [1.165, 1.54) is 32.1 Å². The minimum Gasteiger partial charge on any atom is -0.465 e. The predicted octanol–water partition coefficient (Wildman–Crippen LogP) is 2.91. The summed E-state index contributed by atoms with van der Waals surface area (Å²) in [6.45, 7) is 2.27. The van der Waals surface area contributed by atoms with E-state index in [0.717, 1.165) is 18.7 Å². The highest BCUT2D eigenvalue weighted by atomic mass is 16.5. The quantitative estimate of drug-likeness (QED) is 0.840. The second-order valence-electron chi connectivity index (χ2n) is 5.98. The van der Waals surface area contributed by atoms with Crippen molar-refractivity contribution in [1.82, 2.24) is 15.2 Å². The van der Waals surface area contributed by atoms with Gasteiger partial charge in [0.2, 0.25) is 0 Å². The fourth-order valence-corrected chi connectivity index (χ4v) is 3.17. The highest BCUT2D eigenvalue weighted by molar-refractivity contribution is 5.77. The number of carbonyl (C=O) groups is 1. The maximum Gasteiger partial charge on any atom is 0.317 e. The number of nitrogens with one attached hydrogen (secondary N) is 1. The molecule has 0 spiro atoms. The van der Waals surface area contributed by atoms with Crippen molar-refractivity contribution < 1.29 is 9.53 Å². The number of hydrogen-bond donors (Lipinski definition) is 1. The molecule has 0 saturated heterocycles. The SMILES string of the molecule is CCOC(=O)[C@@H](c1n[nH]c(C2CC2)n1)C1CCCCC1. The first-order valence-corrected chi connectivity index (χ1v) is 7.88. The Hall–Kier alpha value is -1.39. The van der Waals surface area contributed by atoms with Crippen molar-refractivity contribution in [2.75, 3.05) is 6.61 Å². The van der Waals surface area contributed by atoms with Crippen LogP contribution in [0, 0.1) is 5.92 Å². The van der Waals surface area contributed by atoms with E-state index in [-0.39, 0.29) is 11.9 Å². The molecule has 2 aliphatic rings. The van der Waals surface area contributed by atoms with Crippen LogP contribution in [-0.4, -0.2) is 27.8 Å². The fourth-order valence-electron chi connectivity index (χ4n) is 3.17. The number of aromatic amines is 1. The second-order valence-corrected chi connectivity index (χ2v) is 5.98. The smallest absolute Gasteiger partial charge is 0.317 e. The standard InChI is InChI=1S/C15H23N3O2/c1-2-20-15(19)12(10-6-4-3-5-7-10)14-16-13(17-18-14)11-8-9-11/h10-12H,2-9H2,1H3,(H,16,17,18)/t12-/m1/s1. The number of aromatic nitrogens is 3. The number of ether oxygens (including phenoxy) is 1. The highest BCUT2D eigenvalue weighted by Gasteiger charge is 2.36. The summed E-state index contributed by atoms with van der Waals surface area (Å²) in [5.74, 6) is 2.04. The van der Waals surface area contributed by atoms with Crippen molar-refractivity contribution >= 4 is 5.97 Å². The third-order valence-electron chi connectivity index (χ3n) is 4.42. The Kier molecular flexibility index (Phi) is 4.03. The third kappa shape index (κ3) is 2.86. The number of carbonyl (C=O) groups excluding carboxylic acids is 1. The average molecular weight is 277 g/mol. The average Bonchev–Trinajstić information content (AvgIpc) is 3.21. The number of H-pyrrole nitrogens is 1. The van der Waals surface area contributed by atoms with Crippen LogP contribution in [0.3, 0.4) is 0 Å². The van der Waals surface area contributed by atoms with E-state index in [1.807, 2.05) is 6.92 Å². The van der Waals surface area contributed by atoms with Crippen LogP contribution in [0.15, 0.2) is 0 Å². The van der Waals surface area contributed by atoms with Gasteiger partial charge in [0.05, 0.1) is 6.61 Å². The number of hydrogen-bond acceptors (Lipinski definition) is 4. The molecule has 1 aromatic heterocycles. The van der Waals surface area contributed by atoms with Gasteiger partial charge in [-0.2, -0.15) is 5.10 Å². The van der Waals surface area contributed by atoms with Crippen LogP contribution in [-0.2, 0) is 9.53 Å². The first-order chi connectivity index (χ1) is 9.79. The van der Waals surface area contributed by atoms with E-state index < -0.39 is 0 Å². The summed E-state index contributed by atoms with van der Waals surface area (Å²) in [6, 6.07) is 0. The number of rotatable bonds is 5.